The smallest absolute Gasteiger partial charge is 0.0960 e. The van der Waals surface area contributed by atoms with Crippen molar-refractivity contribution in [2.45, 2.75) is 90.5 Å². The topological polar surface area (TPSA) is 17.8 Å². The molecule has 0 aliphatic heterocycles. The number of imidazole rings is 1. The van der Waals surface area contributed by atoms with Crippen LogP contribution in [0.4, 0.5) is 0 Å². The van der Waals surface area contributed by atoms with Crippen molar-refractivity contribution in [1.82, 2.24) is 9.55 Å². The van der Waals surface area contributed by atoms with Crippen molar-refractivity contribution in [2.75, 3.05) is 0 Å². The Bertz CT molecular complexity index is 510. The predicted octanol–water partition coefficient (Wildman–Crippen LogP) is 7.60. The molecule has 1 aromatic rings. The van der Waals surface area contributed by atoms with Gasteiger partial charge >= 0.3 is 0 Å². The lowest BCUT2D eigenvalue weighted by Crippen LogP contribution is -2.10. The highest BCUT2D eigenvalue weighted by Crippen LogP contribution is 2.27. The van der Waals surface area contributed by atoms with Crippen LogP contribution in [0.5, 0.6) is 0 Å². The van der Waals surface area contributed by atoms with E-state index in [9.17, 15) is 0 Å². The molecular formula is C23H38N2. The molecule has 140 valence electrons. The number of rotatable bonds is 15. The molecule has 25 heavy (non-hydrogen) atoms. The molecule has 0 bridgehead atoms. The van der Waals surface area contributed by atoms with Crippen LogP contribution in [0, 0.1) is 0 Å². The van der Waals surface area contributed by atoms with E-state index in [-0.39, 0.29) is 0 Å². The third-order valence-electron chi connectivity index (χ3n) is 4.87. The third kappa shape index (κ3) is 7.90. The number of hydrogen-bond donors (Lipinski definition) is 0. The first-order chi connectivity index (χ1) is 12.3. The molecule has 0 N–H and O–H groups in total. The summed E-state index contributed by atoms with van der Waals surface area (Å²) in [7, 11) is 0. The summed E-state index contributed by atoms with van der Waals surface area (Å²) in [5.41, 5.74) is 2.14. The van der Waals surface area contributed by atoms with E-state index in [2.05, 4.69) is 36.6 Å². The number of nitrogens with zero attached hydrogens (tertiary/aromatic N) is 2. The lowest BCUT2D eigenvalue weighted by Gasteiger charge is -2.20. The summed E-state index contributed by atoms with van der Waals surface area (Å²) in [5, 5.41) is 0. The molecule has 0 aromatic carbocycles. The highest BCUT2D eigenvalue weighted by Gasteiger charge is 2.15. The minimum Gasteiger partial charge on any atom is -0.327 e. The van der Waals surface area contributed by atoms with Gasteiger partial charge in [-0.15, -0.1) is 0 Å². The number of unbranched alkanes of at least 4 members (excludes halogenated alkanes) is 7. The van der Waals surface area contributed by atoms with Crippen molar-refractivity contribution in [3.8, 4) is 0 Å². The van der Waals surface area contributed by atoms with Crippen LogP contribution >= 0.6 is 0 Å². The van der Waals surface area contributed by atoms with Crippen molar-refractivity contribution in [3.05, 3.63) is 43.0 Å². The molecule has 1 unspecified atom stereocenters. The van der Waals surface area contributed by atoms with Gasteiger partial charge in [-0.1, -0.05) is 96.9 Å². The summed E-state index contributed by atoms with van der Waals surface area (Å²) in [6.07, 6.45) is 24.2. The fraction of sp³-hybridized carbons (Fsp3) is 0.609. The van der Waals surface area contributed by atoms with Gasteiger partial charge < -0.3 is 4.57 Å². The Morgan fingerprint density at radius 1 is 0.960 bits per heavy atom. The van der Waals surface area contributed by atoms with Gasteiger partial charge in [-0.2, -0.15) is 0 Å². The van der Waals surface area contributed by atoms with Crippen LogP contribution in [0.1, 0.15) is 102 Å². The lowest BCUT2D eigenvalue weighted by molar-refractivity contribution is 0.394. The standard InChI is InChI=1S/C23H38N2/c1-5-9-12-14-16-18-21(17-15-13-10-6-2)25-20-24-22(19-11-7-3)23(25)8-4/h7-8,11,19-21H,3-6,9-10,12-18H2,1-2H3/b19-11-. The second-order valence-corrected chi connectivity index (χ2v) is 6.93. The molecule has 2 nitrogen and oxygen atoms in total. The molecule has 2 heteroatoms. The van der Waals surface area contributed by atoms with Crippen LogP contribution in [0.25, 0.3) is 12.2 Å². The Morgan fingerprint density at radius 2 is 1.56 bits per heavy atom. The van der Waals surface area contributed by atoms with E-state index in [4.69, 9.17) is 0 Å². The van der Waals surface area contributed by atoms with Gasteiger partial charge in [-0.05, 0) is 25.0 Å². The molecule has 0 spiro atoms. The third-order valence-corrected chi connectivity index (χ3v) is 4.87. The van der Waals surface area contributed by atoms with Crippen LogP contribution in [-0.2, 0) is 0 Å². The minimum absolute atomic E-state index is 0.546. The summed E-state index contributed by atoms with van der Waals surface area (Å²) in [6.45, 7) is 12.3. The van der Waals surface area contributed by atoms with Crippen LogP contribution in [-0.4, -0.2) is 9.55 Å². The lowest BCUT2D eigenvalue weighted by atomic mass is 10.00. The quantitative estimate of drug-likeness (QED) is 0.237. The van der Waals surface area contributed by atoms with Gasteiger partial charge in [0.05, 0.1) is 17.7 Å². The van der Waals surface area contributed by atoms with Gasteiger partial charge in [0.2, 0.25) is 0 Å². The fourth-order valence-corrected chi connectivity index (χ4v) is 3.39. The molecule has 0 radical (unpaired) electrons. The largest absolute Gasteiger partial charge is 0.327 e. The number of allylic oxidation sites excluding steroid dienone is 2. The zero-order valence-electron chi connectivity index (χ0n) is 16.6. The first-order valence-electron chi connectivity index (χ1n) is 10.3. The molecule has 0 fully saturated rings. The predicted molar refractivity (Wildman–Crippen MR) is 113 cm³/mol. The van der Waals surface area contributed by atoms with Gasteiger partial charge in [0.25, 0.3) is 0 Å². The van der Waals surface area contributed by atoms with E-state index in [1.807, 2.05) is 24.6 Å². The molecule has 0 aliphatic rings. The van der Waals surface area contributed by atoms with Gasteiger partial charge in [-0.25, -0.2) is 4.98 Å². The summed E-state index contributed by atoms with van der Waals surface area (Å²) in [4.78, 5) is 4.60. The average molecular weight is 343 g/mol. The number of hydrogen-bond acceptors (Lipinski definition) is 1. The normalized spacial score (nSPS) is 12.6. The van der Waals surface area contributed by atoms with E-state index in [0.29, 0.717) is 6.04 Å². The monoisotopic (exact) mass is 342 g/mol. The Morgan fingerprint density at radius 3 is 2.12 bits per heavy atom. The van der Waals surface area contributed by atoms with Crippen LogP contribution < -0.4 is 0 Å². The van der Waals surface area contributed by atoms with Gasteiger partial charge in [0, 0.05) is 6.04 Å². The molecular weight excluding hydrogens is 304 g/mol. The first kappa shape index (κ1) is 21.5. The van der Waals surface area contributed by atoms with Crippen molar-refractivity contribution in [1.29, 1.82) is 0 Å². The molecule has 0 amide bonds. The summed E-state index contributed by atoms with van der Waals surface area (Å²) >= 11 is 0. The average Bonchev–Trinajstić information content (AvgIpc) is 3.04. The van der Waals surface area contributed by atoms with Crippen molar-refractivity contribution >= 4 is 12.2 Å². The highest BCUT2D eigenvalue weighted by atomic mass is 15.1. The molecule has 1 rings (SSSR count). The number of aromatic nitrogens is 2. The highest BCUT2D eigenvalue weighted by molar-refractivity contribution is 5.59. The van der Waals surface area contributed by atoms with E-state index in [1.54, 1.807) is 6.08 Å². The Balaban J connectivity index is 2.78. The maximum atomic E-state index is 4.60. The minimum atomic E-state index is 0.546. The van der Waals surface area contributed by atoms with E-state index in [0.717, 1.165) is 11.4 Å². The molecule has 0 saturated heterocycles. The molecule has 0 aliphatic carbocycles. The van der Waals surface area contributed by atoms with Gasteiger partial charge in [-0.3, -0.25) is 0 Å². The molecule has 1 aromatic heterocycles. The van der Waals surface area contributed by atoms with Crippen molar-refractivity contribution in [3.63, 3.8) is 0 Å². The summed E-state index contributed by atoms with van der Waals surface area (Å²) < 4.78 is 2.36. The maximum Gasteiger partial charge on any atom is 0.0960 e. The first-order valence-corrected chi connectivity index (χ1v) is 10.3. The van der Waals surface area contributed by atoms with Crippen molar-refractivity contribution in [2.24, 2.45) is 0 Å². The van der Waals surface area contributed by atoms with E-state index < -0.39 is 0 Å². The Labute approximate surface area is 155 Å². The fourth-order valence-electron chi connectivity index (χ4n) is 3.39. The van der Waals surface area contributed by atoms with Gasteiger partial charge in [0.1, 0.15) is 0 Å². The zero-order chi connectivity index (χ0) is 18.3. The van der Waals surface area contributed by atoms with E-state index in [1.165, 1.54) is 70.6 Å². The molecule has 1 atom stereocenters. The molecule has 0 saturated carbocycles. The molecule has 1 heterocycles. The van der Waals surface area contributed by atoms with Gasteiger partial charge in [0.15, 0.2) is 0 Å². The zero-order valence-corrected chi connectivity index (χ0v) is 16.6. The second-order valence-electron chi connectivity index (χ2n) is 6.93. The SMILES string of the molecule is C=C/C=C\c1ncn(C(CCCCCC)CCCCCCC)c1C=C. The second kappa shape index (κ2) is 13.7. The van der Waals surface area contributed by atoms with Crippen LogP contribution in [0.15, 0.2) is 31.6 Å². The van der Waals surface area contributed by atoms with Crippen LogP contribution in [0.2, 0.25) is 0 Å². The summed E-state index contributed by atoms with van der Waals surface area (Å²) in [6, 6.07) is 0.546. The Hall–Kier alpha value is -1.57. The summed E-state index contributed by atoms with van der Waals surface area (Å²) in [5.74, 6) is 0. The Kier molecular flexibility index (Phi) is 11.8. The van der Waals surface area contributed by atoms with E-state index >= 15 is 0 Å². The van der Waals surface area contributed by atoms with Crippen LogP contribution in [0.3, 0.4) is 0 Å². The maximum absolute atomic E-state index is 4.60. The van der Waals surface area contributed by atoms with Crippen molar-refractivity contribution < 1.29 is 0 Å².